The van der Waals surface area contributed by atoms with Gasteiger partial charge in [0.05, 0.1) is 16.9 Å². The fourth-order valence-electron chi connectivity index (χ4n) is 5.75. The summed E-state index contributed by atoms with van der Waals surface area (Å²) in [5.41, 5.74) is 10.2. The van der Waals surface area contributed by atoms with E-state index >= 15 is 0 Å². The average Bonchev–Trinajstić information content (AvgIpc) is 3.56. The molecule has 0 fully saturated rings. The molecule has 0 unspecified atom stereocenters. The number of fused-ring (bicyclic) bond motifs is 4. The van der Waals surface area contributed by atoms with Crippen LogP contribution in [0.3, 0.4) is 0 Å². The van der Waals surface area contributed by atoms with Crippen molar-refractivity contribution < 1.29 is 21.1 Å². The Morgan fingerprint density at radius 3 is 2.19 bits per heavy atom. The van der Waals surface area contributed by atoms with Gasteiger partial charge in [-0.15, -0.1) is 53.6 Å². The molecule has 0 spiro atoms. The molecule has 0 saturated heterocycles. The molecule has 202 valence electrons. The van der Waals surface area contributed by atoms with E-state index in [4.69, 9.17) is 9.97 Å². The van der Waals surface area contributed by atoms with E-state index in [-0.39, 0.29) is 21.1 Å². The molecule has 0 atom stereocenters. The molecule has 42 heavy (non-hydrogen) atoms. The first-order valence-corrected chi connectivity index (χ1v) is 13.7. The van der Waals surface area contributed by atoms with Crippen molar-refractivity contribution in [2.75, 3.05) is 0 Å². The fraction of sp³-hybridized carbons (Fsp3) is 0.0270. The molecule has 5 heteroatoms. The van der Waals surface area contributed by atoms with E-state index in [1.807, 2.05) is 36.5 Å². The summed E-state index contributed by atoms with van der Waals surface area (Å²) in [6.07, 6.45) is 1.93. The first kappa shape index (κ1) is 26.1. The zero-order valence-corrected chi connectivity index (χ0v) is 25.0. The van der Waals surface area contributed by atoms with Gasteiger partial charge in [-0.3, -0.25) is 4.98 Å². The van der Waals surface area contributed by atoms with E-state index in [1.165, 1.54) is 5.39 Å². The molecular formula is C37H24N4Pt. The van der Waals surface area contributed by atoms with Crippen LogP contribution >= 0.6 is 0 Å². The first-order chi connectivity index (χ1) is 20.2. The number of aryl methyl sites for hydroxylation is 1. The van der Waals surface area contributed by atoms with Gasteiger partial charge in [0, 0.05) is 18.8 Å². The van der Waals surface area contributed by atoms with Crippen molar-refractivity contribution in [2.24, 2.45) is 7.05 Å². The summed E-state index contributed by atoms with van der Waals surface area (Å²) in [5.74, 6) is 0.894. The predicted octanol–water partition coefficient (Wildman–Crippen LogP) is 8.66. The van der Waals surface area contributed by atoms with E-state index in [9.17, 15) is 0 Å². The SMILES string of the molecule is Cn1c(-c2[c-]c3c(cc2)c2ccccc2n3-c2[c-]c(-c3ccc(-c4ccccc4)cn3)ccc2)nc2ccccc21.[Pt+2]. The van der Waals surface area contributed by atoms with Crippen molar-refractivity contribution in [3.63, 3.8) is 0 Å². The van der Waals surface area contributed by atoms with E-state index in [1.54, 1.807) is 0 Å². The number of benzene rings is 5. The van der Waals surface area contributed by atoms with E-state index in [0.717, 1.165) is 66.9 Å². The summed E-state index contributed by atoms with van der Waals surface area (Å²) in [6, 6.07) is 49.2. The van der Waals surface area contributed by atoms with Crippen LogP contribution in [0.2, 0.25) is 0 Å². The second-order valence-electron chi connectivity index (χ2n) is 10.2. The number of hydrogen-bond acceptors (Lipinski definition) is 2. The topological polar surface area (TPSA) is 35.6 Å². The Morgan fingerprint density at radius 1 is 0.595 bits per heavy atom. The largest absolute Gasteiger partial charge is 2.00 e. The molecular weight excluding hydrogens is 696 g/mol. The van der Waals surface area contributed by atoms with Crippen molar-refractivity contribution >= 4 is 32.8 Å². The summed E-state index contributed by atoms with van der Waals surface area (Å²) in [6.45, 7) is 0. The van der Waals surface area contributed by atoms with Crippen LogP contribution < -0.4 is 0 Å². The number of hydrogen-bond donors (Lipinski definition) is 0. The number of para-hydroxylation sites is 3. The van der Waals surface area contributed by atoms with Crippen LogP contribution in [0.4, 0.5) is 0 Å². The van der Waals surface area contributed by atoms with Crippen LogP contribution in [0.25, 0.3) is 72.3 Å². The fourth-order valence-corrected chi connectivity index (χ4v) is 5.75. The molecule has 0 N–H and O–H groups in total. The maximum atomic E-state index is 4.93. The van der Waals surface area contributed by atoms with Gasteiger partial charge >= 0.3 is 21.1 Å². The van der Waals surface area contributed by atoms with Crippen LogP contribution in [0.5, 0.6) is 0 Å². The van der Waals surface area contributed by atoms with Crippen LogP contribution in [-0.4, -0.2) is 19.1 Å². The standard InChI is InChI=1S/C37H24N4.Pt/c1-40-35-17-8-6-15-33(35)39-37(40)27-18-20-31-30-14-5-7-16-34(30)41(36(31)23-27)29-13-9-12-26(22-29)32-21-19-28(24-38-32)25-10-3-2-4-11-25;/h2-21,24H,1H3;/q-2;+2. The van der Waals surface area contributed by atoms with Crippen LogP contribution in [0.1, 0.15) is 0 Å². The van der Waals surface area contributed by atoms with E-state index < -0.39 is 0 Å². The van der Waals surface area contributed by atoms with Crippen molar-refractivity contribution in [3.8, 4) is 39.5 Å². The molecule has 0 amide bonds. The quantitative estimate of drug-likeness (QED) is 0.171. The number of nitrogens with zero attached hydrogens (tertiary/aromatic N) is 4. The van der Waals surface area contributed by atoms with Crippen LogP contribution in [-0.2, 0) is 28.1 Å². The molecule has 0 aliphatic carbocycles. The van der Waals surface area contributed by atoms with Gasteiger partial charge in [0.2, 0.25) is 0 Å². The molecule has 8 aromatic rings. The Morgan fingerprint density at radius 2 is 1.38 bits per heavy atom. The molecule has 0 bridgehead atoms. The maximum absolute atomic E-state index is 4.93. The Bertz CT molecular complexity index is 2210. The number of aromatic nitrogens is 4. The molecule has 8 rings (SSSR count). The molecule has 3 aromatic heterocycles. The number of pyridine rings is 1. The molecule has 3 heterocycles. The van der Waals surface area contributed by atoms with Gasteiger partial charge in [-0.25, -0.2) is 0 Å². The van der Waals surface area contributed by atoms with E-state index in [2.05, 4.69) is 119 Å². The Kier molecular flexibility index (Phi) is 6.57. The minimum Gasteiger partial charge on any atom is -0.367 e. The molecule has 0 saturated carbocycles. The molecule has 0 radical (unpaired) electrons. The first-order valence-electron chi connectivity index (χ1n) is 13.7. The third kappa shape index (κ3) is 4.27. The van der Waals surface area contributed by atoms with Gasteiger partial charge in [0.15, 0.2) is 0 Å². The molecule has 4 nitrogen and oxygen atoms in total. The van der Waals surface area contributed by atoms with Gasteiger partial charge in [-0.05, 0) is 51.6 Å². The van der Waals surface area contributed by atoms with E-state index in [0.29, 0.717) is 0 Å². The van der Waals surface area contributed by atoms with Crippen molar-refractivity contribution in [2.45, 2.75) is 0 Å². The normalized spacial score (nSPS) is 11.3. The second-order valence-corrected chi connectivity index (χ2v) is 10.2. The maximum Gasteiger partial charge on any atom is 2.00 e. The number of imidazole rings is 1. The molecule has 0 aliphatic heterocycles. The van der Waals surface area contributed by atoms with Crippen LogP contribution in [0.15, 0.2) is 128 Å². The van der Waals surface area contributed by atoms with Gasteiger partial charge in [0.1, 0.15) is 0 Å². The summed E-state index contributed by atoms with van der Waals surface area (Å²) >= 11 is 0. The minimum absolute atomic E-state index is 0. The smallest absolute Gasteiger partial charge is 0.367 e. The summed E-state index contributed by atoms with van der Waals surface area (Å²) in [4.78, 5) is 9.73. The summed E-state index contributed by atoms with van der Waals surface area (Å²) in [5, 5.41) is 2.33. The predicted molar refractivity (Wildman–Crippen MR) is 167 cm³/mol. The second kappa shape index (κ2) is 10.6. The van der Waals surface area contributed by atoms with Gasteiger partial charge in [0.25, 0.3) is 0 Å². The zero-order valence-electron chi connectivity index (χ0n) is 22.7. The summed E-state index contributed by atoms with van der Waals surface area (Å²) < 4.78 is 4.39. The Labute approximate surface area is 258 Å². The molecule has 0 aliphatic rings. The van der Waals surface area contributed by atoms with Crippen molar-refractivity contribution in [3.05, 3.63) is 140 Å². The van der Waals surface area contributed by atoms with Gasteiger partial charge in [-0.1, -0.05) is 78.2 Å². The third-order valence-electron chi connectivity index (χ3n) is 7.78. The average molecular weight is 720 g/mol. The minimum atomic E-state index is 0. The molecule has 5 aromatic carbocycles. The van der Waals surface area contributed by atoms with Crippen molar-refractivity contribution in [1.82, 2.24) is 19.1 Å². The zero-order chi connectivity index (χ0) is 27.3. The summed E-state index contributed by atoms with van der Waals surface area (Å²) in [7, 11) is 2.06. The number of rotatable bonds is 4. The monoisotopic (exact) mass is 719 g/mol. The van der Waals surface area contributed by atoms with Gasteiger partial charge in [-0.2, -0.15) is 0 Å². The Hall–Kier alpha value is -4.79. The van der Waals surface area contributed by atoms with Crippen LogP contribution in [0, 0.1) is 12.1 Å². The Balaban J connectivity index is 0.00000288. The van der Waals surface area contributed by atoms with Gasteiger partial charge < -0.3 is 14.1 Å². The van der Waals surface area contributed by atoms with Crippen molar-refractivity contribution in [1.29, 1.82) is 0 Å². The third-order valence-corrected chi connectivity index (χ3v) is 7.78.